The summed E-state index contributed by atoms with van der Waals surface area (Å²) in [7, 11) is 0. The summed E-state index contributed by atoms with van der Waals surface area (Å²) < 4.78 is 0. The van der Waals surface area contributed by atoms with Gasteiger partial charge in [0.2, 0.25) is 0 Å². The molecule has 0 bridgehead atoms. The Morgan fingerprint density at radius 1 is 1.21 bits per heavy atom. The van der Waals surface area contributed by atoms with Crippen molar-refractivity contribution in [2.45, 2.75) is 57.0 Å². The zero-order valence-electron chi connectivity index (χ0n) is 11.6. The van der Waals surface area contributed by atoms with Gasteiger partial charge in [0.15, 0.2) is 0 Å². The van der Waals surface area contributed by atoms with Crippen LogP contribution >= 0.6 is 0 Å². The summed E-state index contributed by atoms with van der Waals surface area (Å²) in [4.78, 5) is 0. The third-order valence-corrected chi connectivity index (χ3v) is 4.90. The van der Waals surface area contributed by atoms with E-state index in [4.69, 9.17) is 5.26 Å². The molecule has 19 heavy (non-hydrogen) atoms. The van der Waals surface area contributed by atoms with Crippen LogP contribution in [0.5, 0.6) is 0 Å². The Morgan fingerprint density at radius 2 is 2.00 bits per heavy atom. The summed E-state index contributed by atoms with van der Waals surface area (Å²) in [5.41, 5.74) is 2.94. The van der Waals surface area contributed by atoms with Gasteiger partial charge in [0.25, 0.3) is 0 Å². The number of aryl methyl sites for hydroxylation is 1. The summed E-state index contributed by atoms with van der Waals surface area (Å²) in [6.45, 7) is 2.21. The van der Waals surface area contributed by atoms with Crippen LogP contribution in [0.1, 0.15) is 49.1 Å². The largest absolute Gasteiger partial charge is 0.310 e. The number of hydrogen-bond acceptors (Lipinski definition) is 2. The average Bonchev–Trinajstić information content (AvgIpc) is 2.82. The van der Waals surface area contributed by atoms with Crippen LogP contribution in [0, 0.1) is 24.2 Å². The molecule has 2 aliphatic carbocycles. The first-order valence-corrected chi connectivity index (χ1v) is 7.49. The molecule has 2 saturated carbocycles. The maximum Gasteiger partial charge on any atom is 0.0672 e. The summed E-state index contributed by atoms with van der Waals surface area (Å²) in [6.07, 6.45) is 5.95. The maximum absolute atomic E-state index is 9.12. The quantitative estimate of drug-likeness (QED) is 0.895. The fraction of sp³-hybridized carbons (Fsp3) is 0.588. The van der Waals surface area contributed by atoms with Crippen LogP contribution in [0.25, 0.3) is 0 Å². The highest BCUT2D eigenvalue weighted by molar-refractivity contribution is 5.31. The summed E-state index contributed by atoms with van der Waals surface area (Å²) >= 11 is 0. The standard InChI is InChI=1S/C17H22N2/c1-12-5-2-3-7-16(12)14-9-15(10-14)19-17-8-4-6-13(17)11-18/h2-3,5,7,13-15,17,19H,4,6,8-10H2,1H3. The van der Waals surface area contributed by atoms with Gasteiger partial charge in [-0.2, -0.15) is 5.26 Å². The minimum Gasteiger partial charge on any atom is -0.310 e. The molecule has 2 fully saturated rings. The summed E-state index contributed by atoms with van der Waals surface area (Å²) in [5.74, 6) is 0.971. The zero-order valence-corrected chi connectivity index (χ0v) is 11.6. The van der Waals surface area contributed by atoms with Crippen LogP contribution in [-0.2, 0) is 0 Å². The van der Waals surface area contributed by atoms with E-state index >= 15 is 0 Å². The van der Waals surface area contributed by atoms with E-state index in [0.29, 0.717) is 12.1 Å². The van der Waals surface area contributed by atoms with E-state index in [1.54, 1.807) is 0 Å². The minimum atomic E-state index is 0.248. The van der Waals surface area contributed by atoms with Crippen LogP contribution in [0.15, 0.2) is 24.3 Å². The Kier molecular flexibility index (Phi) is 3.57. The Labute approximate surface area is 115 Å². The zero-order chi connectivity index (χ0) is 13.2. The molecule has 1 aromatic rings. The molecule has 2 nitrogen and oxygen atoms in total. The molecule has 1 N–H and O–H groups in total. The van der Waals surface area contributed by atoms with E-state index in [9.17, 15) is 0 Å². The molecular weight excluding hydrogens is 232 g/mol. The highest BCUT2D eigenvalue weighted by Crippen LogP contribution is 2.39. The lowest BCUT2D eigenvalue weighted by Crippen LogP contribution is -2.46. The molecule has 0 saturated heterocycles. The third-order valence-electron chi connectivity index (χ3n) is 4.90. The van der Waals surface area contributed by atoms with Crippen LogP contribution < -0.4 is 5.32 Å². The van der Waals surface area contributed by atoms with Crippen molar-refractivity contribution in [1.29, 1.82) is 5.26 Å². The SMILES string of the molecule is Cc1ccccc1C1CC(NC2CCCC2C#N)C1. The van der Waals surface area contributed by atoms with Crippen LogP contribution in [-0.4, -0.2) is 12.1 Å². The van der Waals surface area contributed by atoms with E-state index in [0.717, 1.165) is 12.3 Å². The van der Waals surface area contributed by atoms with Crippen molar-refractivity contribution in [2.75, 3.05) is 0 Å². The van der Waals surface area contributed by atoms with E-state index < -0.39 is 0 Å². The van der Waals surface area contributed by atoms with Gasteiger partial charge in [0, 0.05) is 12.1 Å². The Hall–Kier alpha value is -1.33. The van der Waals surface area contributed by atoms with Gasteiger partial charge in [-0.25, -0.2) is 0 Å². The molecule has 0 aromatic heterocycles. The van der Waals surface area contributed by atoms with Gasteiger partial charge in [0.05, 0.1) is 12.0 Å². The molecule has 2 heteroatoms. The van der Waals surface area contributed by atoms with Gasteiger partial charge >= 0.3 is 0 Å². The number of nitrogens with zero attached hydrogens (tertiary/aromatic N) is 1. The van der Waals surface area contributed by atoms with E-state index in [2.05, 4.69) is 42.6 Å². The molecule has 0 amide bonds. The number of nitriles is 1. The molecule has 0 heterocycles. The van der Waals surface area contributed by atoms with Crippen molar-refractivity contribution in [3.8, 4) is 6.07 Å². The maximum atomic E-state index is 9.12. The Balaban J connectivity index is 1.54. The molecule has 3 rings (SSSR count). The first kappa shape index (κ1) is 12.7. The second-order valence-electron chi connectivity index (χ2n) is 6.16. The topological polar surface area (TPSA) is 35.8 Å². The van der Waals surface area contributed by atoms with Gasteiger partial charge in [-0.3, -0.25) is 0 Å². The first-order valence-electron chi connectivity index (χ1n) is 7.49. The number of benzene rings is 1. The monoisotopic (exact) mass is 254 g/mol. The van der Waals surface area contributed by atoms with Gasteiger partial charge in [-0.15, -0.1) is 0 Å². The summed E-state index contributed by atoms with van der Waals surface area (Å²) in [6, 6.07) is 12.3. The molecular formula is C17H22N2. The number of nitrogens with one attached hydrogen (secondary N) is 1. The van der Waals surface area contributed by atoms with Gasteiger partial charge < -0.3 is 5.32 Å². The lowest BCUT2D eigenvalue weighted by atomic mass is 9.74. The van der Waals surface area contributed by atoms with Gasteiger partial charge in [0.1, 0.15) is 0 Å². The number of rotatable bonds is 3. The lowest BCUT2D eigenvalue weighted by Gasteiger charge is -2.39. The van der Waals surface area contributed by atoms with Crippen LogP contribution in [0.2, 0.25) is 0 Å². The minimum absolute atomic E-state index is 0.248. The molecule has 2 unspecified atom stereocenters. The van der Waals surface area contributed by atoms with Crippen molar-refractivity contribution in [2.24, 2.45) is 5.92 Å². The summed E-state index contributed by atoms with van der Waals surface area (Å²) in [5, 5.41) is 12.8. The lowest BCUT2D eigenvalue weighted by molar-refractivity contribution is 0.254. The molecule has 1 aromatic carbocycles. The Morgan fingerprint density at radius 3 is 2.74 bits per heavy atom. The normalized spacial score (nSPS) is 33.7. The highest BCUT2D eigenvalue weighted by atomic mass is 15.0. The van der Waals surface area contributed by atoms with Crippen LogP contribution in [0.4, 0.5) is 0 Å². The number of hydrogen-bond donors (Lipinski definition) is 1. The van der Waals surface area contributed by atoms with Crippen molar-refractivity contribution >= 4 is 0 Å². The second-order valence-corrected chi connectivity index (χ2v) is 6.16. The predicted octanol–water partition coefficient (Wildman–Crippen LogP) is 3.52. The fourth-order valence-electron chi connectivity index (χ4n) is 3.67. The Bertz CT molecular complexity index is 482. The van der Waals surface area contributed by atoms with Crippen LogP contribution in [0.3, 0.4) is 0 Å². The first-order chi connectivity index (χ1) is 9.28. The van der Waals surface area contributed by atoms with E-state index in [1.165, 1.54) is 36.8 Å². The van der Waals surface area contributed by atoms with Gasteiger partial charge in [-0.05, 0) is 49.7 Å². The van der Waals surface area contributed by atoms with Gasteiger partial charge in [-0.1, -0.05) is 30.7 Å². The van der Waals surface area contributed by atoms with Crippen molar-refractivity contribution in [1.82, 2.24) is 5.32 Å². The van der Waals surface area contributed by atoms with Crippen molar-refractivity contribution in [3.63, 3.8) is 0 Å². The molecule has 2 aliphatic rings. The average molecular weight is 254 g/mol. The fourth-order valence-corrected chi connectivity index (χ4v) is 3.67. The molecule has 0 aliphatic heterocycles. The van der Waals surface area contributed by atoms with E-state index in [1.807, 2.05) is 0 Å². The van der Waals surface area contributed by atoms with Crippen molar-refractivity contribution < 1.29 is 0 Å². The predicted molar refractivity (Wildman–Crippen MR) is 76.8 cm³/mol. The smallest absolute Gasteiger partial charge is 0.0672 e. The molecule has 100 valence electrons. The molecule has 2 atom stereocenters. The molecule has 0 radical (unpaired) electrons. The van der Waals surface area contributed by atoms with E-state index in [-0.39, 0.29) is 5.92 Å². The second kappa shape index (κ2) is 5.35. The molecule has 0 spiro atoms. The third kappa shape index (κ3) is 2.53. The van der Waals surface area contributed by atoms with Crippen molar-refractivity contribution in [3.05, 3.63) is 35.4 Å². The highest BCUT2D eigenvalue weighted by Gasteiger charge is 2.35.